The van der Waals surface area contributed by atoms with Gasteiger partial charge < -0.3 is 5.32 Å². The van der Waals surface area contributed by atoms with Crippen molar-refractivity contribution in [3.63, 3.8) is 0 Å². The van der Waals surface area contributed by atoms with Crippen LogP contribution in [0.2, 0.25) is 5.02 Å². The van der Waals surface area contributed by atoms with Gasteiger partial charge in [0.25, 0.3) is 0 Å². The first kappa shape index (κ1) is 17.5. The summed E-state index contributed by atoms with van der Waals surface area (Å²) >= 11 is 6.27. The molecule has 0 spiro atoms. The van der Waals surface area contributed by atoms with Crippen molar-refractivity contribution >= 4 is 23.5 Å². The van der Waals surface area contributed by atoms with Crippen molar-refractivity contribution < 1.29 is 9.59 Å². The number of rotatable bonds is 7. The summed E-state index contributed by atoms with van der Waals surface area (Å²) in [5.41, 5.74) is 0.991. The molecule has 0 saturated heterocycles. The number of halogens is 1. The molecule has 1 aromatic carbocycles. The molecule has 1 aromatic rings. The largest absolute Gasteiger partial charge is 0.334 e. The topological polar surface area (TPSA) is 61.4 Å². The molecule has 1 saturated carbocycles. The number of amides is 3. The summed E-state index contributed by atoms with van der Waals surface area (Å²) in [7, 11) is 0. The van der Waals surface area contributed by atoms with E-state index in [-0.39, 0.29) is 18.5 Å². The number of carbonyl (C=O) groups excluding carboxylic acids is 2. The Kier molecular flexibility index (Phi) is 6.19. The second kappa shape index (κ2) is 8.13. The van der Waals surface area contributed by atoms with Gasteiger partial charge in [0.15, 0.2) is 0 Å². The second-order valence-corrected chi connectivity index (χ2v) is 6.06. The molecule has 1 unspecified atom stereocenters. The number of urea groups is 1. The number of carbonyl (C=O) groups is 2. The van der Waals surface area contributed by atoms with E-state index in [9.17, 15) is 9.59 Å². The Hall–Kier alpha value is -1.85. The molecule has 124 valence electrons. The third-order valence-corrected chi connectivity index (χ3v) is 4.20. The first-order valence-electron chi connectivity index (χ1n) is 7.71. The van der Waals surface area contributed by atoms with Crippen LogP contribution in [0.15, 0.2) is 36.9 Å². The molecule has 1 fully saturated rings. The van der Waals surface area contributed by atoms with Gasteiger partial charge in [0.2, 0.25) is 5.91 Å². The predicted octanol–water partition coefficient (Wildman–Crippen LogP) is 2.88. The molecule has 0 aromatic heterocycles. The zero-order chi connectivity index (χ0) is 16.8. The van der Waals surface area contributed by atoms with Gasteiger partial charge in [0.1, 0.15) is 0 Å². The van der Waals surface area contributed by atoms with Gasteiger partial charge >= 0.3 is 6.03 Å². The van der Waals surface area contributed by atoms with Crippen molar-refractivity contribution in [2.75, 3.05) is 13.1 Å². The Morgan fingerprint density at radius 2 is 2.13 bits per heavy atom. The summed E-state index contributed by atoms with van der Waals surface area (Å²) < 4.78 is 0. The predicted molar refractivity (Wildman–Crippen MR) is 91.3 cm³/mol. The Morgan fingerprint density at radius 1 is 1.43 bits per heavy atom. The molecule has 0 radical (unpaired) electrons. The van der Waals surface area contributed by atoms with Crippen molar-refractivity contribution in [1.82, 2.24) is 15.5 Å². The minimum atomic E-state index is -0.504. The highest BCUT2D eigenvalue weighted by Crippen LogP contribution is 2.36. The van der Waals surface area contributed by atoms with E-state index < -0.39 is 6.03 Å². The van der Waals surface area contributed by atoms with Crippen molar-refractivity contribution in [2.45, 2.75) is 31.8 Å². The van der Waals surface area contributed by atoms with Crippen LogP contribution in [-0.4, -0.2) is 36.0 Å². The van der Waals surface area contributed by atoms with Crippen molar-refractivity contribution in [3.05, 3.63) is 47.5 Å². The molecule has 2 rings (SSSR count). The van der Waals surface area contributed by atoms with Crippen molar-refractivity contribution in [3.8, 4) is 0 Å². The zero-order valence-corrected chi connectivity index (χ0v) is 14.0. The minimum absolute atomic E-state index is 0.0122. The first-order chi connectivity index (χ1) is 11.0. The number of nitrogens with zero attached hydrogens (tertiary/aromatic N) is 1. The number of hydrogen-bond acceptors (Lipinski definition) is 3. The Bertz CT molecular complexity index is 587. The smallest absolute Gasteiger partial charge is 0.321 e. The van der Waals surface area contributed by atoms with Crippen molar-refractivity contribution in [2.24, 2.45) is 0 Å². The molecule has 6 heteroatoms. The van der Waals surface area contributed by atoms with Gasteiger partial charge in [-0.1, -0.05) is 35.9 Å². The lowest BCUT2D eigenvalue weighted by Crippen LogP contribution is -2.45. The molecule has 1 aliphatic rings. The number of benzene rings is 1. The third kappa shape index (κ3) is 5.08. The van der Waals surface area contributed by atoms with E-state index in [2.05, 4.69) is 22.1 Å². The summed E-state index contributed by atoms with van der Waals surface area (Å²) in [5.74, 6) is -0.322. The van der Waals surface area contributed by atoms with Gasteiger partial charge in [-0.15, -0.1) is 6.58 Å². The van der Waals surface area contributed by atoms with Gasteiger partial charge in [0, 0.05) is 23.7 Å². The van der Waals surface area contributed by atoms with E-state index in [1.54, 1.807) is 6.08 Å². The quantitative estimate of drug-likeness (QED) is 0.753. The van der Waals surface area contributed by atoms with E-state index in [0.29, 0.717) is 17.6 Å². The molecule has 5 nitrogen and oxygen atoms in total. The van der Waals surface area contributed by atoms with E-state index in [4.69, 9.17) is 11.6 Å². The summed E-state index contributed by atoms with van der Waals surface area (Å²) in [5, 5.41) is 5.55. The van der Waals surface area contributed by atoms with Gasteiger partial charge in [-0.2, -0.15) is 0 Å². The van der Waals surface area contributed by atoms with Gasteiger partial charge in [-0.25, -0.2) is 4.79 Å². The Morgan fingerprint density at radius 3 is 2.74 bits per heavy atom. The Labute approximate surface area is 141 Å². The summed E-state index contributed by atoms with van der Waals surface area (Å²) in [6, 6.07) is 7.51. The highest BCUT2D eigenvalue weighted by atomic mass is 35.5. The number of nitrogens with one attached hydrogen (secondary N) is 2. The summed E-state index contributed by atoms with van der Waals surface area (Å²) in [6.07, 6.45) is 3.68. The maximum Gasteiger partial charge on any atom is 0.321 e. The molecule has 3 amide bonds. The fourth-order valence-electron chi connectivity index (χ4n) is 2.52. The van der Waals surface area contributed by atoms with Crippen LogP contribution < -0.4 is 10.6 Å². The SMILES string of the molecule is C=CCNC(=O)NC(=O)CN(C1CC1)C(C)c1ccccc1Cl. The molecule has 23 heavy (non-hydrogen) atoms. The third-order valence-electron chi connectivity index (χ3n) is 3.85. The monoisotopic (exact) mass is 335 g/mol. The molecule has 0 heterocycles. The van der Waals surface area contributed by atoms with E-state index in [0.717, 1.165) is 18.4 Å². The van der Waals surface area contributed by atoms with Crippen LogP contribution in [0.3, 0.4) is 0 Å². The zero-order valence-electron chi connectivity index (χ0n) is 13.2. The minimum Gasteiger partial charge on any atom is -0.334 e. The van der Waals surface area contributed by atoms with Crippen LogP contribution in [-0.2, 0) is 4.79 Å². The fraction of sp³-hybridized carbons (Fsp3) is 0.412. The maximum absolute atomic E-state index is 12.1. The lowest BCUT2D eigenvalue weighted by atomic mass is 10.1. The molecular weight excluding hydrogens is 314 g/mol. The highest BCUT2D eigenvalue weighted by molar-refractivity contribution is 6.31. The van der Waals surface area contributed by atoms with Gasteiger partial charge in [0.05, 0.1) is 6.54 Å². The van der Waals surface area contributed by atoms with Gasteiger partial charge in [-0.05, 0) is 31.4 Å². The van der Waals surface area contributed by atoms with Crippen LogP contribution in [0.5, 0.6) is 0 Å². The normalized spacial score (nSPS) is 15.1. The molecule has 1 aliphatic carbocycles. The van der Waals surface area contributed by atoms with Crippen LogP contribution in [0.25, 0.3) is 0 Å². The van der Waals surface area contributed by atoms with Gasteiger partial charge in [-0.3, -0.25) is 15.0 Å². The van der Waals surface area contributed by atoms with Crippen molar-refractivity contribution in [1.29, 1.82) is 0 Å². The molecule has 2 N–H and O–H groups in total. The fourth-order valence-corrected chi connectivity index (χ4v) is 2.82. The van der Waals surface area contributed by atoms with Crippen LogP contribution >= 0.6 is 11.6 Å². The summed E-state index contributed by atoms with van der Waals surface area (Å²) in [4.78, 5) is 25.7. The number of imide groups is 1. The lowest BCUT2D eigenvalue weighted by molar-refractivity contribution is -0.121. The summed E-state index contributed by atoms with van der Waals surface area (Å²) in [6.45, 7) is 6.03. The molecular formula is C17H22ClN3O2. The van der Waals surface area contributed by atoms with Crippen LogP contribution in [0.4, 0.5) is 4.79 Å². The van der Waals surface area contributed by atoms with Crippen LogP contribution in [0, 0.1) is 0 Å². The second-order valence-electron chi connectivity index (χ2n) is 5.65. The standard InChI is InChI=1S/C17H22ClN3O2/c1-3-10-19-17(23)20-16(22)11-21(13-8-9-13)12(2)14-6-4-5-7-15(14)18/h3-7,12-13H,1,8-11H2,2H3,(H2,19,20,22,23). The van der Waals surface area contributed by atoms with E-state index >= 15 is 0 Å². The number of hydrogen-bond donors (Lipinski definition) is 2. The maximum atomic E-state index is 12.1. The molecule has 0 aliphatic heterocycles. The first-order valence-corrected chi connectivity index (χ1v) is 8.09. The highest BCUT2D eigenvalue weighted by Gasteiger charge is 2.34. The molecule has 1 atom stereocenters. The van der Waals surface area contributed by atoms with E-state index in [1.807, 2.05) is 31.2 Å². The van der Waals surface area contributed by atoms with Crippen LogP contribution in [0.1, 0.15) is 31.4 Å². The van der Waals surface area contributed by atoms with E-state index in [1.165, 1.54) is 0 Å². The Balaban J connectivity index is 1.99. The average molecular weight is 336 g/mol. The average Bonchev–Trinajstić information content (AvgIpc) is 3.35. The lowest BCUT2D eigenvalue weighted by Gasteiger charge is -2.29. The molecule has 0 bridgehead atoms.